The lowest BCUT2D eigenvalue weighted by Crippen LogP contribution is -2.31. The Hall–Kier alpha value is -2.74. The van der Waals surface area contributed by atoms with E-state index in [4.69, 9.17) is 9.47 Å². The Morgan fingerprint density at radius 1 is 1.14 bits per heavy atom. The predicted octanol–water partition coefficient (Wildman–Crippen LogP) is 1.64. The third-order valence-electron chi connectivity index (χ3n) is 4.31. The Labute approximate surface area is 164 Å². The van der Waals surface area contributed by atoms with Crippen LogP contribution in [0.1, 0.15) is 57.8 Å². The van der Waals surface area contributed by atoms with Gasteiger partial charge in [0.25, 0.3) is 17.7 Å². The molecule has 8 nitrogen and oxygen atoms in total. The number of benzene rings is 1. The highest BCUT2D eigenvalue weighted by atomic mass is 16.5. The van der Waals surface area contributed by atoms with Crippen LogP contribution in [-0.4, -0.2) is 62.0 Å². The first-order valence-corrected chi connectivity index (χ1v) is 9.28. The maximum atomic E-state index is 12.5. The molecule has 3 amide bonds. The second-order valence-electron chi connectivity index (χ2n) is 6.98. The molecule has 1 aliphatic heterocycles. The Morgan fingerprint density at radius 3 is 2.54 bits per heavy atom. The van der Waals surface area contributed by atoms with Crippen molar-refractivity contribution < 1.29 is 28.7 Å². The Bertz CT molecular complexity index is 759. The summed E-state index contributed by atoms with van der Waals surface area (Å²) in [5.41, 5.74) is 0.539. The zero-order chi connectivity index (χ0) is 20.7. The molecule has 0 saturated heterocycles. The minimum atomic E-state index is -0.722. The number of hydrogen-bond donors (Lipinski definition) is 1. The predicted molar refractivity (Wildman–Crippen MR) is 101 cm³/mol. The number of amides is 3. The molecule has 0 radical (unpaired) electrons. The van der Waals surface area contributed by atoms with Gasteiger partial charge in [-0.1, -0.05) is 13.8 Å². The molecular formula is C20H26N2O6. The molecule has 1 heterocycles. The molecule has 0 spiro atoms. The summed E-state index contributed by atoms with van der Waals surface area (Å²) in [6.07, 6.45) is 1.37. The number of esters is 1. The van der Waals surface area contributed by atoms with Gasteiger partial charge in [0.15, 0.2) is 6.61 Å². The van der Waals surface area contributed by atoms with Gasteiger partial charge in [-0.25, -0.2) is 4.79 Å². The van der Waals surface area contributed by atoms with Gasteiger partial charge in [-0.15, -0.1) is 0 Å². The van der Waals surface area contributed by atoms with E-state index in [1.807, 2.05) is 13.8 Å². The Kier molecular flexibility index (Phi) is 7.69. The van der Waals surface area contributed by atoms with Crippen molar-refractivity contribution in [3.05, 3.63) is 34.9 Å². The van der Waals surface area contributed by atoms with Crippen molar-refractivity contribution in [3.63, 3.8) is 0 Å². The molecule has 2 rings (SSSR count). The number of methoxy groups -OCH3 is 1. The summed E-state index contributed by atoms with van der Waals surface area (Å²) in [5, 5.41) is 2.67. The molecule has 1 N–H and O–H groups in total. The van der Waals surface area contributed by atoms with Crippen LogP contribution in [0.4, 0.5) is 0 Å². The summed E-state index contributed by atoms with van der Waals surface area (Å²) in [7, 11) is 1.55. The maximum absolute atomic E-state index is 12.5. The summed E-state index contributed by atoms with van der Waals surface area (Å²) in [6.45, 7) is 4.89. The van der Waals surface area contributed by atoms with E-state index in [2.05, 4.69) is 5.32 Å². The molecule has 0 aromatic heterocycles. The van der Waals surface area contributed by atoms with Crippen molar-refractivity contribution in [2.24, 2.45) is 5.92 Å². The zero-order valence-electron chi connectivity index (χ0n) is 16.4. The number of carbonyl (C=O) groups excluding carboxylic acids is 4. The van der Waals surface area contributed by atoms with E-state index in [-0.39, 0.29) is 35.0 Å². The smallest absolute Gasteiger partial charge is 0.338 e. The highest BCUT2D eigenvalue weighted by Crippen LogP contribution is 2.24. The van der Waals surface area contributed by atoms with Gasteiger partial charge in [0.1, 0.15) is 0 Å². The summed E-state index contributed by atoms with van der Waals surface area (Å²) >= 11 is 0. The molecule has 0 fully saturated rings. The van der Waals surface area contributed by atoms with Crippen molar-refractivity contribution in [2.75, 3.05) is 33.4 Å². The van der Waals surface area contributed by atoms with E-state index < -0.39 is 18.5 Å². The van der Waals surface area contributed by atoms with E-state index in [0.717, 1.165) is 11.3 Å². The van der Waals surface area contributed by atoms with Crippen LogP contribution < -0.4 is 5.32 Å². The van der Waals surface area contributed by atoms with Crippen LogP contribution in [0.15, 0.2) is 18.2 Å². The van der Waals surface area contributed by atoms with Gasteiger partial charge in [0, 0.05) is 26.8 Å². The third kappa shape index (κ3) is 5.39. The van der Waals surface area contributed by atoms with Crippen molar-refractivity contribution in [1.29, 1.82) is 0 Å². The molecule has 0 bridgehead atoms. The standard InChI is InChI=1S/C20H26N2O6/c1-13(2)7-8-21-17(23)12-28-20(26)14-5-6-15-16(11-14)19(25)22(18(15)24)9-4-10-27-3/h5-6,11,13H,4,7-10,12H2,1-3H3,(H,21,23). The molecule has 0 atom stereocenters. The lowest BCUT2D eigenvalue weighted by atomic mass is 10.1. The largest absolute Gasteiger partial charge is 0.452 e. The van der Waals surface area contributed by atoms with Gasteiger partial charge in [-0.3, -0.25) is 19.3 Å². The van der Waals surface area contributed by atoms with Crippen LogP contribution in [-0.2, 0) is 14.3 Å². The quantitative estimate of drug-likeness (QED) is 0.370. The number of carbonyl (C=O) groups is 4. The minimum absolute atomic E-state index is 0.119. The fourth-order valence-electron chi connectivity index (χ4n) is 2.75. The molecule has 0 aliphatic carbocycles. The number of imide groups is 1. The first-order valence-electron chi connectivity index (χ1n) is 9.28. The van der Waals surface area contributed by atoms with Crippen LogP contribution in [0, 0.1) is 5.92 Å². The van der Waals surface area contributed by atoms with E-state index in [0.29, 0.717) is 25.5 Å². The minimum Gasteiger partial charge on any atom is -0.452 e. The van der Waals surface area contributed by atoms with Crippen LogP contribution >= 0.6 is 0 Å². The van der Waals surface area contributed by atoms with Crippen molar-refractivity contribution in [1.82, 2.24) is 10.2 Å². The van der Waals surface area contributed by atoms with Gasteiger partial charge < -0.3 is 14.8 Å². The normalized spacial score (nSPS) is 13.1. The number of nitrogens with one attached hydrogen (secondary N) is 1. The van der Waals surface area contributed by atoms with Gasteiger partial charge >= 0.3 is 5.97 Å². The zero-order valence-corrected chi connectivity index (χ0v) is 16.4. The molecule has 1 aromatic rings. The summed E-state index contributed by atoms with van der Waals surface area (Å²) in [5.74, 6) is -1.48. The Morgan fingerprint density at radius 2 is 1.86 bits per heavy atom. The van der Waals surface area contributed by atoms with E-state index in [1.54, 1.807) is 7.11 Å². The molecular weight excluding hydrogens is 364 g/mol. The second kappa shape index (κ2) is 9.98. The second-order valence-corrected chi connectivity index (χ2v) is 6.98. The number of hydrogen-bond acceptors (Lipinski definition) is 6. The summed E-state index contributed by atoms with van der Waals surface area (Å²) < 4.78 is 9.94. The average molecular weight is 390 g/mol. The third-order valence-corrected chi connectivity index (χ3v) is 4.31. The molecule has 0 unspecified atom stereocenters. The molecule has 152 valence electrons. The maximum Gasteiger partial charge on any atom is 0.338 e. The average Bonchev–Trinajstić information content (AvgIpc) is 2.90. The highest BCUT2D eigenvalue weighted by Gasteiger charge is 2.35. The highest BCUT2D eigenvalue weighted by molar-refractivity contribution is 6.21. The first-order chi connectivity index (χ1) is 13.3. The van der Waals surface area contributed by atoms with E-state index >= 15 is 0 Å². The number of nitrogens with zero attached hydrogens (tertiary/aromatic N) is 1. The first kappa shape index (κ1) is 21.6. The van der Waals surface area contributed by atoms with Crippen LogP contribution in [0.5, 0.6) is 0 Å². The molecule has 1 aliphatic rings. The SMILES string of the molecule is COCCCN1C(=O)c2ccc(C(=O)OCC(=O)NCCC(C)C)cc2C1=O. The van der Waals surface area contributed by atoms with Gasteiger partial charge in [0.05, 0.1) is 16.7 Å². The van der Waals surface area contributed by atoms with Crippen LogP contribution in [0.2, 0.25) is 0 Å². The molecule has 8 heteroatoms. The number of ether oxygens (including phenoxy) is 2. The van der Waals surface area contributed by atoms with Crippen molar-refractivity contribution in [3.8, 4) is 0 Å². The lowest BCUT2D eigenvalue weighted by molar-refractivity contribution is -0.124. The fraction of sp³-hybridized carbons (Fsp3) is 0.500. The van der Waals surface area contributed by atoms with Crippen molar-refractivity contribution in [2.45, 2.75) is 26.7 Å². The van der Waals surface area contributed by atoms with Crippen molar-refractivity contribution >= 4 is 23.7 Å². The lowest BCUT2D eigenvalue weighted by Gasteiger charge is -2.12. The van der Waals surface area contributed by atoms with Crippen LogP contribution in [0.3, 0.4) is 0 Å². The molecule has 1 aromatic carbocycles. The fourth-order valence-corrected chi connectivity index (χ4v) is 2.75. The number of fused-ring (bicyclic) bond motifs is 1. The Balaban J connectivity index is 1.95. The summed E-state index contributed by atoms with van der Waals surface area (Å²) in [4.78, 5) is 49.8. The van der Waals surface area contributed by atoms with E-state index in [9.17, 15) is 19.2 Å². The van der Waals surface area contributed by atoms with E-state index in [1.165, 1.54) is 18.2 Å². The molecule has 28 heavy (non-hydrogen) atoms. The number of rotatable bonds is 10. The monoisotopic (exact) mass is 390 g/mol. The van der Waals surface area contributed by atoms with Gasteiger partial charge in [-0.05, 0) is 37.0 Å². The summed E-state index contributed by atoms with van der Waals surface area (Å²) in [6, 6.07) is 4.19. The van der Waals surface area contributed by atoms with Gasteiger partial charge in [-0.2, -0.15) is 0 Å². The molecule has 0 saturated carbocycles. The van der Waals surface area contributed by atoms with Crippen LogP contribution in [0.25, 0.3) is 0 Å². The topological polar surface area (TPSA) is 102 Å². The van der Waals surface area contributed by atoms with Gasteiger partial charge in [0.2, 0.25) is 0 Å².